The topological polar surface area (TPSA) is 112 Å². The number of hydrogen-bond donors (Lipinski definition) is 1. The van der Waals surface area contributed by atoms with Crippen molar-refractivity contribution in [2.45, 2.75) is 6.42 Å². The average Bonchev–Trinajstić information content (AvgIpc) is 2.67. The zero-order chi connectivity index (χ0) is 18.5. The maximum absolute atomic E-state index is 11.8. The van der Waals surface area contributed by atoms with Gasteiger partial charge in [-0.3, -0.25) is 30.3 Å². The summed E-state index contributed by atoms with van der Waals surface area (Å²) >= 11 is 0. The Morgan fingerprint density at radius 1 is 1.12 bits per heavy atom. The number of nitriles is 1. The van der Waals surface area contributed by atoms with Crippen molar-refractivity contribution in [1.29, 1.82) is 5.26 Å². The third-order valence-electron chi connectivity index (χ3n) is 3.93. The van der Waals surface area contributed by atoms with Gasteiger partial charge in [0.2, 0.25) is 0 Å². The minimum Gasteiger partial charge on any atom is -0.279 e. The minimum absolute atomic E-state index is 0.0395. The SMILES string of the molecule is N#CCCN1NC(c2ccc(-c3ccc([N+](=O)[O-])cc3)cc2)=NCC1=O. The average molecular weight is 349 g/mol. The number of hydrazine groups is 1. The van der Waals surface area contributed by atoms with Crippen LogP contribution >= 0.6 is 0 Å². The zero-order valence-electron chi connectivity index (χ0n) is 13.8. The molecule has 0 unspecified atom stereocenters. The number of nitro benzene ring substituents is 1. The molecule has 0 radical (unpaired) electrons. The fourth-order valence-electron chi connectivity index (χ4n) is 2.55. The summed E-state index contributed by atoms with van der Waals surface area (Å²) in [6, 6.07) is 15.8. The van der Waals surface area contributed by atoms with Gasteiger partial charge in [0.1, 0.15) is 12.4 Å². The van der Waals surface area contributed by atoms with Gasteiger partial charge in [-0.2, -0.15) is 5.26 Å². The molecule has 1 amide bonds. The van der Waals surface area contributed by atoms with E-state index in [1.807, 2.05) is 30.3 Å². The number of benzene rings is 2. The number of nitrogens with one attached hydrogen (secondary N) is 1. The van der Waals surface area contributed by atoms with Crippen molar-refractivity contribution in [3.05, 3.63) is 64.2 Å². The van der Waals surface area contributed by atoms with Crippen LogP contribution in [0.25, 0.3) is 11.1 Å². The number of carbonyl (C=O) groups excluding carboxylic acids is 1. The number of hydrogen-bond acceptors (Lipinski definition) is 6. The van der Waals surface area contributed by atoms with E-state index in [1.54, 1.807) is 12.1 Å². The molecule has 3 rings (SSSR count). The van der Waals surface area contributed by atoms with Crippen LogP contribution in [0, 0.1) is 21.4 Å². The van der Waals surface area contributed by atoms with E-state index < -0.39 is 4.92 Å². The second kappa shape index (κ2) is 7.44. The summed E-state index contributed by atoms with van der Waals surface area (Å²) in [4.78, 5) is 26.3. The zero-order valence-corrected chi connectivity index (χ0v) is 13.8. The molecule has 0 saturated heterocycles. The molecule has 1 aliphatic rings. The number of carbonyl (C=O) groups is 1. The van der Waals surface area contributed by atoms with Crippen molar-refractivity contribution in [1.82, 2.24) is 10.4 Å². The van der Waals surface area contributed by atoms with Gasteiger partial charge in [-0.1, -0.05) is 24.3 Å². The fraction of sp³-hybridized carbons (Fsp3) is 0.167. The molecular formula is C18H15N5O3. The minimum atomic E-state index is -0.431. The maximum Gasteiger partial charge on any atom is 0.269 e. The van der Waals surface area contributed by atoms with E-state index in [9.17, 15) is 14.9 Å². The first kappa shape index (κ1) is 17.1. The van der Waals surface area contributed by atoms with E-state index in [-0.39, 0.29) is 24.6 Å². The fourth-order valence-corrected chi connectivity index (χ4v) is 2.55. The second-order valence-electron chi connectivity index (χ2n) is 5.61. The lowest BCUT2D eigenvalue weighted by Gasteiger charge is -2.27. The molecule has 0 aromatic heterocycles. The van der Waals surface area contributed by atoms with Gasteiger partial charge in [0.05, 0.1) is 24.0 Å². The van der Waals surface area contributed by atoms with Gasteiger partial charge < -0.3 is 0 Å². The molecule has 0 spiro atoms. The third-order valence-corrected chi connectivity index (χ3v) is 3.93. The van der Waals surface area contributed by atoms with Crippen LogP contribution in [0.15, 0.2) is 53.5 Å². The highest BCUT2D eigenvalue weighted by atomic mass is 16.6. The first-order valence-electron chi connectivity index (χ1n) is 7.92. The summed E-state index contributed by atoms with van der Waals surface area (Å²) in [5, 5.41) is 20.8. The number of aliphatic imine (C=N–C) groups is 1. The van der Waals surface area contributed by atoms with Gasteiger partial charge in [-0.25, -0.2) is 0 Å². The van der Waals surface area contributed by atoms with Crippen molar-refractivity contribution in [3.8, 4) is 17.2 Å². The molecule has 1 aliphatic heterocycles. The van der Waals surface area contributed by atoms with Crippen LogP contribution < -0.4 is 5.43 Å². The van der Waals surface area contributed by atoms with Crippen LogP contribution in [0.1, 0.15) is 12.0 Å². The van der Waals surface area contributed by atoms with Gasteiger partial charge in [0.15, 0.2) is 0 Å². The molecular weight excluding hydrogens is 334 g/mol. The van der Waals surface area contributed by atoms with Crippen LogP contribution in [-0.4, -0.2) is 34.8 Å². The first-order chi connectivity index (χ1) is 12.6. The summed E-state index contributed by atoms with van der Waals surface area (Å²) in [6.45, 7) is 0.340. The molecule has 0 atom stereocenters. The predicted molar refractivity (Wildman–Crippen MR) is 95.0 cm³/mol. The van der Waals surface area contributed by atoms with E-state index in [4.69, 9.17) is 5.26 Å². The predicted octanol–water partition coefficient (Wildman–Crippen LogP) is 2.27. The summed E-state index contributed by atoms with van der Waals surface area (Å²) in [7, 11) is 0. The second-order valence-corrected chi connectivity index (χ2v) is 5.61. The normalized spacial score (nSPS) is 13.6. The van der Waals surface area contributed by atoms with Gasteiger partial charge in [0.25, 0.3) is 11.6 Å². The third kappa shape index (κ3) is 3.67. The van der Waals surface area contributed by atoms with E-state index in [0.29, 0.717) is 12.4 Å². The first-order valence-corrected chi connectivity index (χ1v) is 7.92. The van der Waals surface area contributed by atoms with Crippen molar-refractivity contribution >= 4 is 17.4 Å². The van der Waals surface area contributed by atoms with Crippen LogP contribution in [0.2, 0.25) is 0 Å². The molecule has 8 nitrogen and oxygen atoms in total. The number of amides is 1. The summed E-state index contributed by atoms with van der Waals surface area (Å²) in [6.07, 6.45) is 0.241. The highest BCUT2D eigenvalue weighted by Crippen LogP contribution is 2.23. The van der Waals surface area contributed by atoms with Crippen LogP contribution in [0.5, 0.6) is 0 Å². The van der Waals surface area contributed by atoms with Crippen LogP contribution in [-0.2, 0) is 4.79 Å². The largest absolute Gasteiger partial charge is 0.279 e. The number of amidine groups is 1. The molecule has 0 bridgehead atoms. The molecule has 0 fully saturated rings. The number of nitrogens with zero attached hydrogens (tertiary/aromatic N) is 4. The van der Waals surface area contributed by atoms with Crippen LogP contribution in [0.4, 0.5) is 5.69 Å². The van der Waals surface area contributed by atoms with Crippen molar-refractivity contribution in [3.63, 3.8) is 0 Å². The summed E-state index contributed by atoms with van der Waals surface area (Å²) < 4.78 is 0. The van der Waals surface area contributed by atoms with E-state index in [0.717, 1.165) is 16.7 Å². The summed E-state index contributed by atoms with van der Waals surface area (Å²) in [5.41, 5.74) is 5.58. The van der Waals surface area contributed by atoms with E-state index >= 15 is 0 Å². The summed E-state index contributed by atoms with van der Waals surface area (Å²) in [5.74, 6) is 0.393. The highest BCUT2D eigenvalue weighted by Gasteiger charge is 2.20. The molecule has 0 saturated carbocycles. The number of nitro groups is 1. The van der Waals surface area contributed by atoms with Gasteiger partial charge in [-0.15, -0.1) is 0 Å². The van der Waals surface area contributed by atoms with Gasteiger partial charge in [-0.05, 0) is 23.3 Å². The lowest BCUT2D eigenvalue weighted by molar-refractivity contribution is -0.384. The number of rotatable bonds is 5. The standard InChI is InChI=1S/C18H15N5O3/c19-10-1-11-22-17(24)12-20-18(21-22)15-4-2-13(3-5-15)14-6-8-16(9-7-14)23(25)26/h2-9H,1,11-12H2,(H,20,21). The molecule has 1 heterocycles. The lowest BCUT2D eigenvalue weighted by Crippen LogP contribution is -2.51. The molecule has 130 valence electrons. The van der Waals surface area contributed by atoms with Crippen molar-refractivity contribution in [2.75, 3.05) is 13.1 Å². The number of non-ortho nitro benzene ring substituents is 1. The van der Waals surface area contributed by atoms with Crippen molar-refractivity contribution in [2.24, 2.45) is 4.99 Å². The Bertz CT molecular complexity index is 898. The Morgan fingerprint density at radius 2 is 1.69 bits per heavy atom. The molecule has 2 aromatic rings. The molecule has 26 heavy (non-hydrogen) atoms. The van der Waals surface area contributed by atoms with Gasteiger partial charge in [0, 0.05) is 17.7 Å². The Labute approximate surface area is 149 Å². The Morgan fingerprint density at radius 3 is 2.27 bits per heavy atom. The van der Waals surface area contributed by atoms with Crippen LogP contribution in [0.3, 0.4) is 0 Å². The Balaban J connectivity index is 1.76. The highest BCUT2D eigenvalue weighted by molar-refractivity contribution is 6.02. The van der Waals surface area contributed by atoms with E-state index in [1.165, 1.54) is 17.1 Å². The Kier molecular flexibility index (Phi) is 4.90. The van der Waals surface area contributed by atoms with E-state index in [2.05, 4.69) is 10.4 Å². The maximum atomic E-state index is 11.8. The lowest BCUT2D eigenvalue weighted by atomic mass is 10.0. The smallest absolute Gasteiger partial charge is 0.269 e. The molecule has 1 N–H and O–H groups in total. The Hall–Kier alpha value is -3.73. The molecule has 8 heteroatoms. The van der Waals surface area contributed by atoms with Crippen molar-refractivity contribution < 1.29 is 9.72 Å². The monoisotopic (exact) mass is 349 g/mol. The molecule has 2 aromatic carbocycles. The quantitative estimate of drug-likeness (QED) is 0.657. The van der Waals surface area contributed by atoms with Gasteiger partial charge >= 0.3 is 0 Å². The molecule has 0 aliphatic carbocycles.